The van der Waals surface area contributed by atoms with Crippen molar-refractivity contribution in [2.75, 3.05) is 45.8 Å². The first-order valence-corrected chi connectivity index (χ1v) is 10.5. The third-order valence-electron chi connectivity index (χ3n) is 5.24. The highest BCUT2D eigenvalue weighted by molar-refractivity contribution is 6.30. The largest absolute Gasteiger partial charge is 0.351 e. The van der Waals surface area contributed by atoms with Crippen molar-refractivity contribution in [2.24, 2.45) is 0 Å². The van der Waals surface area contributed by atoms with Crippen LogP contribution in [-0.2, 0) is 11.2 Å². The number of halogens is 1. The summed E-state index contributed by atoms with van der Waals surface area (Å²) >= 11 is 5.89. The fourth-order valence-corrected chi connectivity index (χ4v) is 3.68. The van der Waals surface area contributed by atoms with Crippen molar-refractivity contribution in [2.45, 2.75) is 6.42 Å². The van der Waals surface area contributed by atoms with Gasteiger partial charge in [-0.15, -0.1) is 0 Å². The number of piperazine rings is 1. The van der Waals surface area contributed by atoms with E-state index >= 15 is 0 Å². The summed E-state index contributed by atoms with van der Waals surface area (Å²) in [7, 11) is 0. The highest BCUT2D eigenvalue weighted by Gasteiger charge is 2.23. The maximum Gasteiger partial charge on any atom is 0.275 e. The summed E-state index contributed by atoms with van der Waals surface area (Å²) in [6.07, 6.45) is 5.30. The molecule has 0 saturated carbocycles. The molecule has 28 heavy (non-hydrogen) atoms. The monoisotopic (exact) mass is 399 g/mol. The van der Waals surface area contributed by atoms with Crippen LogP contribution in [0.15, 0.2) is 60.7 Å². The van der Waals surface area contributed by atoms with Crippen LogP contribution in [0.1, 0.15) is 11.1 Å². The molecule has 3 N–H and O–H groups in total. The predicted molar refractivity (Wildman–Crippen MR) is 115 cm³/mol. The molecule has 3 rings (SSSR count). The average Bonchev–Trinajstić information content (AvgIpc) is 2.72. The van der Waals surface area contributed by atoms with E-state index in [1.165, 1.54) is 16.0 Å². The minimum absolute atomic E-state index is 0.149. The van der Waals surface area contributed by atoms with Crippen LogP contribution in [0.2, 0.25) is 5.02 Å². The van der Waals surface area contributed by atoms with Gasteiger partial charge in [-0.25, -0.2) is 0 Å². The SMILES string of the molecule is O=C(C[NH+]1CC[NH+](C/C=C/c2ccccc2)CC1)NCCc1ccc(Cl)cc1. The molecule has 1 heterocycles. The van der Waals surface area contributed by atoms with Crippen molar-refractivity contribution in [1.29, 1.82) is 0 Å². The topological polar surface area (TPSA) is 38.0 Å². The number of rotatable bonds is 8. The van der Waals surface area contributed by atoms with E-state index in [0.29, 0.717) is 13.1 Å². The van der Waals surface area contributed by atoms with E-state index in [1.54, 1.807) is 4.90 Å². The Hall–Kier alpha value is -2.14. The van der Waals surface area contributed by atoms with Crippen molar-refractivity contribution >= 4 is 23.6 Å². The lowest BCUT2D eigenvalue weighted by Crippen LogP contribution is -3.28. The van der Waals surface area contributed by atoms with Crippen LogP contribution in [-0.4, -0.2) is 51.7 Å². The number of nitrogens with one attached hydrogen (secondary N) is 3. The molecule has 0 unspecified atom stereocenters. The minimum Gasteiger partial charge on any atom is -0.351 e. The Bertz CT molecular complexity index is 753. The smallest absolute Gasteiger partial charge is 0.275 e. The van der Waals surface area contributed by atoms with Gasteiger partial charge >= 0.3 is 0 Å². The van der Waals surface area contributed by atoms with Gasteiger partial charge in [0.15, 0.2) is 6.54 Å². The molecule has 4 nitrogen and oxygen atoms in total. The third-order valence-corrected chi connectivity index (χ3v) is 5.49. The maximum absolute atomic E-state index is 12.2. The maximum atomic E-state index is 12.2. The molecule has 0 aromatic heterocycles. The van der Waals surface area contributed by atoms with Gasteiger partial charge in [0.2, 0.25) is 0 Å². The van der Waals surface area contributed by atoms with Gasteiger partial charge in [0, 0.05) is 11.6 Å². The quantitative estimate of drug-likeness (QED) is 0.594. The molecule has 1 fully saturated rings. The van der Waals surface area contributed by atoms with Crippen LogP contribution in [0.4, 0.5) is 0 Å². The fourth-order valence-electron chi connectivity index (χ4n) is 3.55. The van der Waals surface area contributed by atoms with Crippen LogP contribution in [0.3, 0.4) is 0 Å². The van der Waals surface area contributed by atoms with E-state index in [4.69, 9.17) is 11.6 Å². The lowest BCUT2D eigenvalue weighted by Gasteiger charge is -2.28. The van der Waals surface area contributed by atoms with Gasteiger partial charge in [-0.3, -0.25) is 4.79 Å². The van der Waals surface area contributed by atoms with E-state index in [0.717, 1.165) is 44.2 Å². The summed E-state index contributed by atoms with van der Waals surface area (Å²) in [6, 6.07) is 18.2. The number of amides is 1. The van der Waals surface area contributed by atoms with Crippen LogP contribution in [0, 0.1) is 0 Å². The first kappa shape index (κ1) is 20.6. The summed E-state index contributed by atoms with van der Waals surface area (Å²) in [5.74, 6) is 0.149. The zero-order valence-electron chi connectivity index (χ0n) is 16.3. The zero-order chi connectivity index (χ0) is 19.6. The summed E-state index contributed by atoms with van der Waals surface area (Å²) < 4.78 is 0. The van der Waals surface area contributed by atoms with Crippen molar-refractivity contribution in [1.82, 2.24) is 5.32 Å². The molecule has 0 aliphatic carbocycles. The molecule has 0 atom stereocenters. The van der Waals surface area contributed by atoms with Crippen LogP contribution in [0.5, 0.6) is 0 Å². The number of carbonyl (C=O) groups is 1. The Kier molecular flexibility index (Phi) is 8.09. The molecule has 2 aromatic rings. The van der Waals surface area contributed by atoms with Crippen LogP contribution < -0.4 is 15.1 Å². The Morgan fingerprint density at radius 2 is 1.64 bits per heavy atom. The molecule has 1 aliphatic heterocycles. The third kappa shape index (κ3) is 7.12. The van der Waals surface area contributed by atoms with Gasteiger partial charge in [0.25, 0.3) is 5.91 Å². The molecule has 1 amide bonds. The van der Waals surface area contributed by atoms with Gasteiger partial charge in [-0.2, -0.15) is 0 Å². The highest BCUT2D eigenvalue weighted by atomic mass is 35.5. The summed E-state index contributed by atoms with van der Waals surface area (Å²) in [5, 5.41) is 3.79. The van der Waals surface area contributed by atoms with Gasteiger partial charge in [-0.05, 0) is 35.8 Å². The van der Waals surface area contributed by atoms with Crippen molar-refractivity contribution in [3.8, 4) is 0 Å². The zero-order valence-corrected chi connectivity index (χ0v) is 17.0. The molecule has 1 aliphatic rings. The minimum atomic E-state index is 0.149. The molecule has 0 spiro atoms. The van der Waals surface area contributed by atoms with Crippen molar-refractivity contribution in [3.63, 3.8) is 0 Å². The van der Waals surface area contributed by atoms with E-state index < -0.39 is 0 Å². The predicted octanol–water partition coefficient (Wildman–Crippen LogP) is 0.496. The number of carbonyl (C=O) groups excluding carboxylic acids is 1. The fraction of sp³-hybridized carbons (Fsp3) is 0.348. The Morgan fingerprint density at radius 1 is 0.964 bits per heavy atom. The van der Waals surface area contributed by atoms with E-state index in [1.807, 2.05) is 30.3 Å². The lowest BCUT2D eigenvalue weighted by molar-refractivity contribution is -1.01. The molecule has 1 saturated heterocycles. The second-order valence-corrected chi connectivity index (χ2v) is 7.86. The van der Waals surface area contributed by atoms with Crippen molar-refractivity contribution in [3.05, 3.63) is 76.8 Å². The number of benzene rings is 2. The second-order valence-electron chi connectivity index (χ2n) is 7.42. The number of hydrogen-bond donors (Lipinski definition) is 3. The Morgan fingerprint density at radius 3 is 2.36 bits per heavy atom. The van der Waals surface area contributed by atoms with Crippen LogP contribution >= 0.6 is 11.6 Å². The summed E-state index contributed by atoms with van der Waals surface area (Å²) in [5.41, 5.74) is 2.44. The van der Waals surface area contributed by atoms with E-state index in [2.05, 4.69) is 41.7 Å². The first-order chi connectivity index (χ1) is 13.7. The Labute approximate surface area is 172 Å². The van der Waals surface area contributed by atoms with Crippen molar-refractivity contribution < 1.29 is 14.6 Å². The molecule has 0 bridgehead atoms. The van der Waals surface area contributed by atoms with Crippen LogP contribution in [0.25, 0.3) is 6.08 Å². The van der Waals surface area contributed by atoms with E-state index in [9.17, 15) is 4.79 Å². The normalized spacial score (nSPS) is 19.6. The molecule has 2 aromatic carbocycles. The van der Waals surface area contributed by atoms with Gasteiger partial charge < -0.3 is 15.1 Å². The van der Waals surface area contributed by atoms with Gasteiger partial charge in [-0.1, -0.05) is 60.1 Å². The van der Waals surface area contributed by atoms with E-state index in [-0.39, 0.29) is 5.91 Å². The standard InChI is InChI=1S/C23H28ClN3O/c24-22-10-8-21(9-11-22)12-13-25-23(28)19-27-17-15-26(16-18-27)14-4-7-20-5-2-1-3-6-20/h1-11H,12-19H2,(H,25,28)/p+2/b7-4+. The number of hydrogen-bond acceptors (Lipinski definition) is 1. The molecular formula is C23H30ClN3O+2. The molecule has 5 heteroatoms. The lowest BCUT2D eigenvalue weighted by atomic mass is 10.1. The average molecular weight is 400 g/mol. The van der Waals surface area contributed by atoms with Gasteiger partial charge in [0.1, 0.15) is 26.2 Å². The second kappa shape index (κ2) is 11.0. The molecular weight excluding hydrogens is 370 g/mol. The highest BCUT2D eigenvalue weighted by Crippen LogP contribution is 2.09. The number of quaternary nitrogens is 2. The summed E-state index contributed by atoms with van der Waals surface area (Å²) in [6.45, 7) is 6.65. The van der Waals surface area contributed by atoms with Gasteiger partial charge in [0.05, 0.1) is 6.54 Å². The molecule has 148 valence electrons. The Balaban J connectivity index is 1.29. The molecule has 0 radical (unpaired) electrons. The first-order valence-electron chi connectivity index (χ1n) is 10.1. The summed E-state index contributed by atoms with van der Waals surface area (Å²) in [4.78, 5) is 15.2.